The average molecular weight is 235 g/mol. The van der Waals surface area contributed by atoms with E-state index in [0.29, 0.717) is 10.8 Å². The number of halogens is 1. The van der Waals surface area contributed by atoms with Gasteiger partial charge in [0.2, 0.25) is 0 Å². The van der Waals surface area contributed by atoms with Crippen LogP contribution in [0.4, 0.5) is 0 Å². The minimum Gasteiger partial charge on any atom is -0.496 e. The van der Waals surface area contributed by atoms with Gasteiger partial charge < -0.3 is 4.74 Å². The number of hydrogen-bond donors (Lipinski definition) is 0. The van der Waals surface area contributed by atoms with Gasteiger partial charge in [0, 0.05) is 16.8 Å². The molecule has 0 saturated carbocycles. The number of rotatable bonds is 2. The molecule has 0 bridgehead atoms. The van der Waals surface area contributed by atoms with E-state index in [4.69, 9.17) is 16.3 Å². The van der Waals surface area contributed by atoms with Gasteiger partial charge in [-0.25, -0.2) is 9.97 Å². The summed E-state index contributed by atoms with van der Waals surface area (Å²) in [5, 5.41) is 0.645. The molecular weight excluding hydrogens is 224 g/mol. The Labute approximate surface area is 99.1 Å². The normalized spacial score (nSPS) is 10.2. The van der Waals surface area contributed by atoms with Crippen molar-refractivity contribution < 1.29 is 4.74 Å². The summed E-state index contributed by atoms with van der Waals surface area (Å²) in [5.74, 6) is 1.44. The van der Waals surface area contributed by atoms with Crippen LogP contribution in [0.5, 0.6) is 5.75 Å². The SMILES string of the molecule is COc1cc(Cl)ccc1-c1ccnc(C)n1. The van der Waals surface area contributed by atoms with Crippen molar-refractivity contribution in [2.45, 2.75) is 6.92 Å². The van der Waals surface area contributed by atoms with Gasteiger partial charge in [0.05, 0.1) is 12.8 Å². The van der Waals surface area contributed by atoms with Crippen molar-refractivity contribution in [3.05, 3.63) is 41.3 Å². The third-order valence-electron chi connectivity index (χ3n) is 2.22. The molecule has 0 fully saturated rings. The largest absolute Gasteiger partial charge is 0.496 e. The second kappa shape index (κ2) is 4.49. The molecule has 0 aliphatic heterocycles. The average Bonchev–Trinajstić information content (AvgIpc) is 2.28. The maximum atomic E-state index is 5.90. The van der Waals surface area contributed by atoms with E-state index in [2.05, 4.69) is 9.97 Å². The van der Waals surface area contributed by atoms with E-state index in [9.17, 15) is 0 Å². The van der Waals surface area contributed by atoms with E-state index in [0.717, 1.165) is 17.1 Å². The minimum absolute atomic E-state index is 0.645. The fourth-order valence-corrected chi connectivity index (χ4v) is 1.64. The van der Waals surface area contributed by atoms with Crippen LogP contribution in [-0.4, -0.2) is 17.1 Å². The zero-order valence-corrected chi connectivity index (χ0v) is 9.82. The maximum Gasteiger partial charge on any atom is 0.129 e. The van der Waals surface area contributed by atoms with Crippen LogP contribution in [0.1, 0.15) is 5.82 Å². The number of hydrogen-bond acceptors (Lipinski definition) is 3. The Balaban J connectivity index is 2.55. The molecule has 0 unspecified atom stereocenters. The Morgan fingerprint density at radius 2 is 2.06 bits per heavy atom. The molecule has 0 saturated heterocycles. The van der Waals surface area contributed by atoms with Gasteiger partial charge >= 0.3 is 0 Å². The molecule has 2 rings (SSSR count). The molecule has 0 aliphatic carbocycles. The molecule has 0 spiro atoms. The van der Waals surface area contributed by atoms with Crippen molar-refractivity contribution in [1.82, 2.24) is 9.97 Å². The van der Waals surface area contributed by atoms with Gasteiger partial charge in [0.15, 0.2) is 0 Å². The van der Waals surface area contributed by atoms with Gasteiger partial charge in [0.1, 0.15) is 11.6 Å². The van der Waals surface area contributed by atoms with E-state index in [-0.39, 0.29) is 0 Å². The Kier molecular flexibility index (Phi) is 3.06. The van der Waals surface area contributed by atoms with Crippen molar-refractivity contribution in [1.29, 1.82) is 0 Å². The third-order valence-corrected chi connectivity index (χ3v) is 2.45. The van der Waals surface area contributed by atoms with Crippen LogP contribution in [-0.2, 0) is 0 Å². The van der Waals surface area contributed by atoms with Crippen molar-refractivity contribution >= 4 is 11.6 Å². The van der Waals surface area contributed by atoms with Crippen molar-refractivity contribution in [3.63, 3.8) is 0 Å². The van der Waals surface area contributed by atoms with Crippen LogP contribution in [0.15, 0.2) is 30.5 Å². The molecule has 1 heterocycles. The lowest BCUT2D eigenvalue weighted by Gasteiger charge is -2.08. The molecule has 0 aliphatic rings. The van der Waals surface area contributed by atoms with Crippen molar-refractivity contribution in [2.24, 2.45) is 0 Å². The predicted octanol–water partition coefficient (Wildman–Crippen LogP) is 3.11. The van der Waals surface area contributed by atoms with Crippen LogP contribution in [0.25, 0.3) is 11.3 Å². The van der Waals surface area contributed by atoms with Gasteiger partial charge in [-0.1, -0.05) is 11.6 Å². The van der Waals surface area contributed by atoms with Gasteiger partial charge in [-0.05, 0) is 31.2 Å². The van der Waals surface area contributed by atoms with Crippen LogP contribution in [0.2, 0.25) is 5.02 Å². The zero-order chi connectivity index (χ0) is 11.5. The van der Waals surface area contributed by atoms with Crippen molar-refractivity contribution in [3.8, 4) is 17.0 Å². The first-order valence-corrected chi connectivity index (χ1v) is 5.22. The van der Waals surface area contributed by atoms with E-state index < -0.39 is 0 Å². The number of ether oxygens (including phenoxy) is 1. The number of aryl methyl sites for hydroxylation is 1. The lowest BCUT2D eigenvalue weighted by Crippen LogP contribution is -1.93. The Bertz CT molecular complexity index is 514. The van der Waals surface area contributed by atoms with Crippen LogP contribution < -0.4 is 4.74 Å². The highest BCUT2D eigenvalue weighted by molar-refractivity contribution is 6.30. The molecule has 0 atom stereocenters. The molecule has 1 aromatic heterocycles. The summed E-state index contributed by atoms with van der Waals surface area (Å²) in [7, 11) is 1.61. The minimum atomic E-state index is 0.645. The number of methoxy groups -OCH3 is 1. The first-order valence-electron chi connectivity index (χ1n) is 4.84. The summed E-state index contributed by atoms with van der Waals surface area (Å²) in [4.78, 5) is 8.41. The number of aromatic nitrogens is 2. The summed E-state index contributed by atoms with van der Waals surface area (Å²) in [6.45, 7) is 1.85. The van der Waals surface area contributed by atoms with Crippen molar-refractivity contribution in [2.75, 3.05) is 7.11 Å². The monoisotopic (exact) mass is 234 g/mol. The molecule has 0 amide bonds. The quantitative estimate of drug-likeness (QED) is 0.801. The molecule has 4 heteroatoms. The van der Waals surface area contributed by atoms with Crippen LogP contribution in [0.3, 0.4) is 0 Å². The zero-order valence-electron chi connectivity index (χ0n) is 9.07. The van der Waals surface area contributed by atoms with E-state index in [1.165, 1.54) is 0 Å². The standard InChI is InChI=1S/C12H11ClN2O/c1-8-14-6-5-11(15-8)10-4-3-9(13)7-12(10)16-2/h3-7H,1-2H3. The highest BCUT2D eigenvalue weighted by Gasteiger charge is 2.07. The number of benzene rings is 1. The Morgan fingerprint density at radius 3 is 2.75 bits per heavy atom. The maximum absolute atomic E-state index is 5.90. The summed E-state index contributed by atoms with van der Waals surface area (Å²) in [6, 6.07) is 7.33. The lowest BCUT2D eigenvalue weighted by molar-refractivity contribution is 0.416. The molecule has 3 nitrogen and oxygen atoms in total. The van der Waals surface area contributed by atoms with Crippen LogP contribution in [0, 0.1) is 6.92 Å². The smallest absolute Gasteiger partial charge is 0.129 e. The topological polar surface area (TPSA) is 35.0 Å². The van der Waals surface area contributed by atoms with Crippen LogP contribution >= 0.6 is 11.6 Å². The summed E-state index contributed by atoms with van der Waals surface area (Å²) >= 11 is 5.90. The Hall–Kier alpha value is -1.61. The Morgan fingerprint density at radius 1 is 1.25 bits per heavy atom. The van der Waals surface area contributed by atoms with Gasteiger partial charge in [0.25, 0.3) is 0 Å². The second-order valence-corrected chi connectivity index (χ2v) is 3.77. The number of nitrogens with zero attached hydrogens (tertiary/aromatic N) is 2. The van der Waals surface area contributed by atoms with Gasteiger partial charge in [-0.2, -0.15) is 0 Å². The first kappa shape index (κ1) is 10.9. The second-order valence-electron chi connectivity index (χ2n) is 3.33. The van der Waals surface area contributed by atoms with Gasteiger partial charge in [-0.15, -0.1) is 0 Å². The molecule has 1 aromatic carbocycles. The van der Waals surface area contributed by atoms with Gasteiger partial charge in [-0.3, -0.25) is 0 Å². The first-order chi connectivity index (χ1) is 7.70. The van der Waals surface area contributed by atoms with E-state index >= 15 is 0 Å². The molecule has 0 radical (unpaired) electrons. The molecule has 0 N–H and O–H groups in total. The fraction of sp³-hybridized carbons (Fsp3) is 0.167. The summed E-state index contributed by atoms with van der Waals surface area (Å²) in [6.07, 6.45) is 1.73. The fourth-order valence-electron chi connectivity index (χ4n) is 1.48. The lowest BCUT2D eigenvalue weighted by atomic mass is 10.1. The predicted molar refractivity (Wildman–Crippen MR) is 63.8 cm³/mol. The molecule has 2 aromatic rings. The van der Waals surface area contributed by atoms with E-state index in [1.54, 1.807) is 19.4 Å². The highest BCUT2D eigenvalue weighted by Crippen LogP contribution is 2.30. The highest BCUT2D eigenvalue weighted by atomic mass is 35.5. The van der Waals surface area contributed by atoms with E-state index in [1.807, 2.05) is 25.1 Å². The molecule has 16 heavy (non-hydrogen) atoms. The summed E-state index contributed by atoms with van der Waals surface area (Å²) in [5.41, 5.74) is 1.75. The molecular formula is C12H11ClN2O. The molecule has 82 valence electrons. The third kappa shape index (κ3) is 2.14. The summed E-state index contributed by atoms with van der Waals surface area (Å²) < 4.78 is 5.28.